The number of carbonyl (C=O) groups excluding carboxylic acids is 2. The van der Waals surface area contributed by atoms with Gasteiger partial charge in [0.25, 0.3) is 0 Å². The van der Waals surface area contributed by atoms with Gasteiger partial charge >= 0.3 is 12.2 Å². The van der Waals surface area contributed by atoms with E-state index in [1.165, 1.54) is 0 Å². The van der Waals surface area contributed by atoms with Gasteiger partial charge < -0.3 is 20.5 Å². The third kappa shape index (κ3) is 7.76. The van der Waals surface area contributed by atoms with E-state index in [1.54, 1.807) is 5.32 Å². The molecule has 0 saturated carbocycles. The molecule has 1 atom stereocenters. The molecule has 2 amide bonds. The maximum atomic E-state index is 12.0. The molecule has 0 aliphatic heterocycles. The third-order valence-electron chi connectivity index (χ3n) is 1.38. The van der Waals surface area contributed by atoms with E-state index in [2.05, 4.69) is 9.47 Å². The van der Waals surface area contributed by atoms with Gasteiger partial charge in [-0.3, -0.25) is 0 Å². The smallest absolute Gasteiger partial charge is 0.407 e. The number of rotatable bonds is 7. The number of nitrogens with two attached hydrogens (primary N) is 1. The summed E-state index contributed by atoms with van der Waals surface area (Å²) < 4.78 is 109. The molecule has 106 valence electrons. The van der Waals surface area contributed by atoms with Crippen molar-refractivity contribution in [2.24, 2.45) is 11.1 Å². The van der Waals surface area contributed by atoms with Crippen molar-refractivity contribution in [2.45, 2.75) is 46.3 Å². The van der Waals surface area contributed by atoms with Crippen LogP contribution in [0.5, 0.6) is 0 Å². The number of primary amides is 1. The number of nitrogens with one attached hydrogen (secondary N) is 1. The first-order valence-electron chi connectivity index (χ1n) is 11.2. The fourth-order valence-electron chi connectivity index (χ4n) is 0.740. The summed E-state index contributed by atoms with van der Waals surface area (Å²) in [7, 11) is 0. The Labute approximate surface area is 126 Å². The second-order valence-corrected chi connectivity index (χ2v) is 3.38. The van der Waals surface area contributed by atoms with Crippen LogP contribution in [0.1, 0.15) is 58.1 Å². The number of carbonyl (C=O) groups is 2. The maximum Gasteiger partial charge on any atom is 0.407 e. The van der Waals surface area contributed by atoms with E-state index < -0.39 is 63.2 Å². The summed E-state index contributed by atoms with van der Waals surface area (Å²) in [5.41, 5.74) is 0.842. The Morgan fingerprint density at radius 1 is 1.56 bits per heavy atom. The molecule has 0 aliphatic rings. The van der Waals surface area contributed by atoms with Crippen molar-refractivity contribution in [1.82, 2.24) is 5.32 Å². The summed E-state index contributed by atoms with van der Waals surface area (Å²) in [6.45, 7) is -11.4. The van der Waals surface area contributed by atoms with Gasteiger partial charge in [-0.15, -0.1) is 0 Å². The first-order valence-corrected chi connectivity index (χ1v) is 4.70. The molecule has 0 radical (unpaired) electrons. The second-order valence-electron chi connectivity index (χ2n) is 3.38. The monoisotopic (exact) mass is 273 g/mol. The zero-order valence-corrected chi connectivity index (χ0v) is 9.92. The molecule has 0 spiro atoms. The van der Waals surface area contributed by atoms with Crippen molar-refractivity contribution in [3.63, 3.8) is 0 Å². The standard InChI is InChI=1S/C12H24N2O4/c1-5-6-12(4,7-17-10(13)15)8-18-11(16)14-9(2)3/h9H,5-8H2,1-4H3,(H2,13,15)(H,14,16)/i1D3,4D3,5D2,6D2,8D2,9D. The number of ether oxygens (including phenoxy) is 2. The zero-order chi connectivity index (χ0) is 25.5. The number of amides is 2. The minimum absolute atomic E-state index is 1.13. The fourth-order valence-corrected chi connectivity index (χ4v) is 0.740. The molecule has 6 nitrogen and oxygen atoms in total. The highest BCUT2D eigenvalue weighted by atomic mass is 16.6. The molecule has 0 aromatic rings. The van der Waals surface area contributed by atoms with Gasteiger partial charge in [0.15, 0.2) is 0 Å². The van der Waals surface area contributed by atoms with E-state index in [-0.39, 0.29) is 0 Å². The highest BCUT2D eigenvalue weighted by molar-refractivity contribution is 5.67. The van der Waals surface area contributed by atoms with Crippen LogP contribution in [0.15, 0.2) is 0 Å². The Morgan fingerprint density at radius 3 is 2.78 bits per heavy atom. The number of hydrogen-bond donors (Lipinski definition) is 2. The zero-order valence-electron chi connectivity index (χ0n) is 22.9. The van der Waals surface area contributed by atoms with Gasteiger partial charge in [0.05, 0.1) is 4.11 Å². The molecule has 18 heavy (non-hydrogen) atoms. The van der Waals surface area contributed by atoms with Crippen LogP contribution in [-0.4, -0.2) is 31.4 Å². The van der Waals surface area contributed by atoms with Gasteiger partial charge in [0.1, 0.15) is 13.2 Å². The van der Waals surface area contributed by atoms with E-state index >= 15 is 0 Å². The Bertz CT molecular complexity index is 683. The lowest BCUT2D eigenvalue weighted by Crippen LogP contribution is -2.37. The van der Waals surface area contributed by atoms with E-state index in [9.17, 15) is 9.59 Å². The molecule has 3 N–H and O–H groups in total. The molecule has 0 aliphatic carbocycles. The minimum atomic E-state index is -4.19. The average molecular weight is 273 g/mol. The average Bonchev–Trinajstić information content (AvgIpc) is 2.40. The fraction of sp³-hybridized carbons (Fsp3) is 0.833. The third-order valence-corrected chi connectivity index (χ3v) is 1.38. The van der Waals surface area contributed by atoms with Crippen LogP contribution in [0.2, 0.25) is 0 Å². The van der Waals surface area contributed by atoms with Crippen molar-refractivity contribution in [3.8, 4) is 0 Å². The van der Waals surface area contributed by atoms with Crippen LogP contribution in [0.4, 0.5) is 9.59 Å². The predicted molar refractivity (Wildman–Crippen MR) is 68.2 cm³/mol. The molecular formula is C12H24N2O4. The van der Waals surface area contributed by atoms with Gasteiger partial charge in [-0.2, -0.15) is 0 Å². The molecule has 0 fully saturated rings. The summed E-state index contributed by atoms with van der Waals surface area (Å²) in [5, 5.41) is 1.81. The molecule has 0 rings (SSSR count). The highest BCUT2D eigenvalue weighted by Crippen LogP contribution is 2.24. The lowest BCUT2D eigenvalue weighted by Gasteiger charge is -2.27. The number of alkyl carbamates (subject to hydrolysis) is 1. The van der Waals surface area contributed by atoms with Crippen LogP contribution in [-0.2, 0) is 9.47 Å². The van der Waals surface area contributed by atoms with E-state index in [0.29, 0.717) is 0 Å². The van der Waals surface area contributed by atoms with E-state index in [4.69, 9.17) is 23.6 Å². The summed E-state index contributed by atoms with van der Waals surface area (Å²) in [4.78, 5) is 23.1. The van der Waals surface area contributed by atoms with Gasteiger partial charge in [-0.1, -0.05) is 20.1 Å². The summed E-state index contributed by atoms with van der Waals surface area (Å²) in [6, 6.07) is -1.76. The summed E-state index contributed by atoms with van der Waals surface area (Å²) in [5.74, 6) is 0. The lowest BCUT2D eigenvalue weighted by molar-refractivity contribution is 0.0333. The molecule has 0 saturated heterocycles. The largest absolute Gasteiger partial charge is 0.449 e. The van der Waals surface area contributed by atoms with Crippen molar-refractivity contribution in [1.29, 1.82) is 0 Å². The topological polar surface area (TPSA) is 90.7 Å². The van der Waals surface area contributed by atoms with Gasteiger partial charge in [-0.25, -0.2) is 9.59 Å². The first-order chi connectivity index (χ1) is 13.3. The molecule has 1 unspecified atom stereocenters. The lowest BCUT2D eigenvalue weighted by atomic mass is 9.87. The van der Waals surface area contributed by atoms with Gasteiger partial charge in [-0.05, 0) is 20.2 Å². The van der Waals surface area contributed by atoms with Crippen LogP contribution in [0, 0.1) is 5.41 Å². The summed E-state index contributed by atoms with van der Waals surface area (Å²) in [6.07, 6.45) is -11.7. The van der Waals surface area contributed by atoms with Crippen molar-refractivity contribution in [2.75, 3.05) is 13.2 Å². The molecule has 0 heterocycles. The molecule has 0 bridgehead atoms. The Balaban J connectivity index is 7.02. The van der Waals surface area contributed by atoms with Crippen LogP contribution < -0.4 is 11.1 Å². The van der Waals surface area contributed by atoms with Crippen molar-refractivity contribution >= 4 is 12.2 Å². The molecular weight excluding hydrogens is 236 g/mol. The maximum absolute atomic E-state index is 12.0. The van der Waals surface area contributed by atoms with Crippen LogP contribution >= 0.6 is 0 Å². The SMILES string of the molecule is [2H]C(C)(C)NC(=O)OC([2H])([2H])C(COC(N)=O)(C([2H])([2H])[2H])C([2H])([2H])C([2H])([2H])C([2H])([2H])[2H]. The van der Waals surface area contributed by atoms with Gasteiger partial charge in [0, 0.05) is 25.1 Å². The van der Waals surface area contributed by atoms with Crippen LogP contribution in [0.3, 0.4) is 0 Å². The predicted octanol–water partition coefficient (Wildman–Crippen LogP) is 2.02. The van der Waals surface area contributed by atoms with Crippen LogP contribution in [0.25, 0.3) is 0 Å². The first kappa shape index (κ1) is 4.90. The Morgan fingerprint density at radius 2 is 2.28 bits per heavy atom. The molecule has 6 heteroatoms. The Hall–Kier alpha value is -1.46. The Kier molecular flexibility index (Phi) is 2.12. The molecule has 0 aromatic carbocycles. The quantitative estimate of drug-likeness (QED) is 0.742. The minimum Gasteiger partial charge on any atom is -0.449 e. The van der Waals surface area contributed by atoms with E-state index in [1.807, 2.05) is 0 Å². The van der Waals surface area contributed by atoms with Gasteiger partial charge in [0.2, 0.25) is 0 Å². The molecule has 0 aromatic heterocycles. The van der Waals surface area contributed by atoms with Crippen molar-refractivity contribution < 1.29 is 36.9 Å². The normalized spacial score (nSPS) is 28.9. The second kappa shape index (κ2) is 7.79. The highest BCUT2D eigenvalue weighted by Gasteiger charge is 2.27. The summed E-state index contributed by atoms with van der Waals surface area (Å²) >= 11 is 0. The van der Waals surface area contributed by atoms with Crippen molar-refractivity contribution in [3.05, 3.63) is 0 Å². The number of hydrogen-bond acceptors (Lipinski definition) is 4. The van der Waals surface area contributed by atoms with E-state index in [0.717, 1.165) is 13.8 Å².